The predicted molar refractivity (Wildman–Crippen MR) is 137 cm³/mol. The van der Waals surface area contributed by atoms with Crippen molar-refractivity contribution in [3.63, 3.8) is 0 Å². The first-order valence-electron chi connectivity index (χ1n) is 11.7. The molecule has 5 aromatic rings. The summed E-state index contributed by atoms with van der Waals surface area (Å²) in [4.78, 5) is 20.3. The van der Waals surface area contributed by atoms with Crippen molar-refractivity contribution in [1.29, 1.82) is 0 Å². The number of aromatic nitrogens is 6. The Morgan fingerprint density at radius 2 is 1.92 bits per heavy atom. The van der Waals surface area contributed by atoms with Gasteiger partial charge in [0, 0.05) is 22.8 Å². The van der Waals surface area contributed by atoms with E-state index in [-0.39, 0.29) is 5.41 Å². The number of nitrogens with zero attached hydrogens (tertiary/aromatic N) is 6. The molecular formula is C27H24N8O. The molecule has 36 heavy (non-hydrogen) atoms. The molecule has 0 aliphatic heterocycles. The van der Waals surface area contributed by atoms with Crippen molar-refractivity contribution in [2.75, 3.05) is 0 Å². The molecule has 1 aliphatic rings. The van der Waals surface area contributed by atoms with Gasteiger partial charge in [-0.25, -0.2) is 4.98 Å². The first kappa shape index (κ1) is 21.8. The summed E-state index contributed by atoms with van der Waals surface area (Å²) in [6.45, 7) is 5.70. The number of carbonyl (C=O) groups excluding carboxylic acids is 1. The van der Waals surface area contributed by atoms with Crippen LogP contribution in [-0.4, -0.2) is 41.7 Å². The number of fused-ring (bicyclic) bond motifs is 2. The van der Waals surface area contributed by atoms with Crippen LogP contribution in [0.5, 0.6) is 0 Å². The Bertz CT molecular complexity index is 1640. The molecule has 0 unspecified atom stereocenters. The van der Waals surface area contributed by atoms with Gasteiger partial charge >= 0.3 is 0 Å². The van der Waals surface area contributed by atoms with E-state index in [4.69, 9.17) is 10.8 Å². The zero-order chi connectivity index (χ0) is 24.9. The Kier molecular flexibility index (Phi) is 4.99. The number of benzene rings is 2. The third-order valence-corrected chi connectivity index (χ3v) is 6.81. The number of rotatable bonds is 7. The molecule has 6 rings (SSSR count). The van der Waals surface area contributed by atoms with Crippen molar-refractivity contribution in [2.24, 2.45) is 5.73 Å². The molecule has 1 aliphatic carbocycles. The van der Waals surface area contributed by atoms with E-state index in [2.05, 4.69) is 56.3 Å². The number of primary amides is 1. The quantitative estimate of drug-likeness (QED) is 0.369. The van der Waals surface area contributed by atoms with E-state index >= 15 is 0 Å². The molecular weight excluding hydrogens is 452 g/mol. The lowest BCUT2D eigenvalue weighted by molar-refractivity contribution is -0.119. The van der Waals surface area contributed by atoms with Crippen molar-refractivity contribution in [3.8, 4) is 11.3 Å². The van der Waals surface area contributed by atoms with E-state index in [1.165, 1.54) is 5.56 Å². The first-order chi connectivity index (χ1) is 17.4. The monoisotopic (exact) mass is 476 g/mol. The molecule has 3 heterocycles. The molecule has 178 valence electrons. The average molecular weight is 477 g/mol. The molecule has 1 fully saturated rings. The topological polar surface area (TPSA) is 124 Å². The average Bonchev–Trinajstić information content (AvgIpc) is 3.60. The van der Waals surface area contributed by atoms with Gasteiger partial charge in [0.2, 0.25) is 5.91 Å². The van der Waals surface area contributed by atoms with Crippen LogP contribution in [0.15, 0.2) is 73.6 Å². The minimum absolute atomic E-state index is 0.235. The third-order valence-electron chi connectivity index (χ3n) is 6.81. The molecule has 3 N–H and O–H groups in total. The number of hydrogen-bond donors (Lipinski definition) is 2. The van der Waals surface area contributed by atoms with E-state index in [1.54, 1.807) is 23.8 Å². The standard InChI is InChI=1S/C27H24N8O/c1-16(31-17(2)24(28)36)18-5-7-19(8-6-18)23-15-30-26-33-32-25(35(26)34-23)27(11-12-27)21-9-10-22-20(14-21)4-3-13-29-22/h3-10,13-15,17,31H,1,11-12H2,2H3,(H2,28,36)/t17-/m0/s1. The predicted octanol–water partition coefficient (Wildman–Crippen LogP) is 3.25. The summed E-state index contributed by atoms with van der Waals surface area (Å²) in [5.74, 6) is 0.830. The van der Waals surface area contributed by atoms with Gasteiger partial charge in [-0.3, -0.25) is 9.78 Å². The molecule has 0 spiro atoms. The van der Waals surface area contributed by atoms with Crippen LogP contribution >= 0.6 is 0 Å². The maximum atomic E-state index is 11.3. The fourth-order valence-corrected chi connectivity index (χ4v) is 4.52. The summed E-state index contributed by atoms with van der Waals surface area (Å²) in [7, 11) is 0. The maximum Gasteiger partial charge on any atom is 0.271 e. The fourth-order valence-electron chi connectivity index (χ4n) is 4.52. The highest BCUT2D eigenvalue weighted by Gasteiger charge is 2.50. The number of nitrogens with two attached hydrogens (primary N) is 1. The van der Waals surface area contributed by atoms with Gasteiger partial charge in [-0.2, -0.15) is 9.61 Å². The van der Waals surface area contributed by atoms with E-state index < -0.39 is 11.9 Å². The molecule has 9 nitrogen and oxygen atoms in total. The van der Waals surface area contributed by atoms with Crippen LogP contribution < -0.4 is 11.1 Å². The normalized spacial score (nSPS) is 15.0. The second-order valence-electron chi connectivity index (χ2n) is 9.20. The number of hydrogen-bond acceptors (Lipinski definition) is 7. The number of nitrogens with one attached hydrogen (secondary N) is 1. The Labute approximate surface area is 207 Å². The number of pyridine rings is 1. The zero-order valence-electron chi connectivity index (χ0n) is 19.7. The van der Waals surface area contributed by atoms with Crippen molar-refractivity contribution in [3.05, 3.63) is 90.5 Å². The lowest BCUT2D eigenvalue weighted by Crippen LogP contribution is -2.37. The van der Waals surface area contributed by atoms with Crippen LogP contribution in [0.25, 0.3) is 33.6 Å². The largest absolute Gasteiger partial charge is 0.374 e. The summed E-state index contributed by atoms with van der Waals surface area (Å²) in [5.41, 5.74) is 10.3. The maximum absolute atomic E-state index is 11.3. The Morgan fingerprint density at radius 3 is 2.67 bits per heavy atom. The van der Waals surface area contributed by atoms with E-state index in [0.29, 0.717) is 17.2 Å². The lowest BCUT2D eigenvalue weighted by Gasteiger charge is -2.15. The van der Waals surface area contributed by atoms with Crippen LogP contribution in [-0.2, 0) is 10.2 Å². The van der Waals surface area contributed by atoms with Gasteiger partial charge < -0.3 is 11.1 Å². The minimum Gasteiger partial charge on any atom is -0.374 e. The zero-order valence-corrected chi connectivity index (χ0v) is 19.7. The van der Waals surface area contributed by atoms with Gasteiger partial charge in [0.05, 0.1) is 17.1 Å². The highest BCUT2D eigenvalue weighted by molar-refractivity contribution is 5.82. The van der Waals surface area contributed by atoms with Gasteiger partial charge in [-0.1, -0.05) is 43.0 Å². The van der Waals surface area contributed by atoms with Crippen molar-refractivity contribution in [2.45, 2.75) is 31.2 Å². The van der Waals surface area contributed by atoms with Crippen LogP contribution in [0.4, 0.5) is 0 Å². The SMILES string of the molecule is C=C(N[C@@H](C)C(N)=O)c1ccc(-c2cnc3nnc(C4(c5ccc6ncccc6c5)CC4)n3n2)cc1. The lowest BCUT2D eigenvalue weighted by atomic mass is 9.94. The summed E-state index contributed by atoms with van der Waals surface area (Å²) in [6, 6.07) is 17.6. The van der Waals surface area contributed by atoms with Crippen molar-refractivity contribution >= 4 is 28.3 Å². The van der Waals surface area contributed by atoms with Crippen molar-refractivity contribution < 1.29 is 4.79 Å². The molecule has 2 aromatic carbocycles. The molecule has 1 amide bonds. The van der Waals surface area contributed by atoms with Crippen LogP contribution in [0.2, 0.25) is 0 Å². The highest BCUT2D eigenvalue weighted by atomic mass is 16.1. The summed E-state index contributed by atoms with van der Waals surface area (Å²) in [5, 5.41) is 17.8. The summed E-state index contributed by atoms with van der Waals surface area (Å²) >= 11 is 0. The Morgan fingerprint density at radius 1 is 1.11 bits per heavy atom. The molecule has 9 heteroatoms. The number of amides is 1. The second kappa shape index (κ2) is 8.23. The third kappa shape index (κ3) is 3.65. The summed E-state index contributed by atoms with van der Waals surface area (Å²) in [6.07, 6.45) is 5.45. The molecule has 0 radical (unpaired) electrons. The Hall–Kier alpha value is -4.66. The summed E-state index contributed by atoms with van der Waals surface area (Å²) < 4.78 is 1.76. The van der Waals surface area contributed by atoms with Crippen molar-refractivity contribution in [1.82, 2.24) is 35.1 Å². The van der Waals surface area contributed by atoms with Gasteiger partial charge in [0.15, 0.2) is 5.82 Å². The van der Waals surface area contributed by atoms with Crippen LogP contribution in [0.1, 0.15) is 36.7 Å². The minimum atomic E-state index is -0.508. The van der Waals surface area contributed by atoms with Gasteiger partial charge in [0.25, 0.3) is 5.78 Å². The van der Waals surface area contributed by atoms with Gasteiger partial charge in [-0.05, 0) is 49.1 Å². The van der Waals surface area contributed by atoms with Gasteiger partial charge in [-0.15, -0.1) is 10.2 Å². The molecule has 1 saturated carbocycles. The fraction of sp³-hybridized carbons (Fsp3) is 0.185. The number of carbonyl (C=O) groups is 1. The molecule has 0 bridgehead atoms. The molecule has 1 atom stereocenters. The van der Waals surface area contributed by atoms with E-state index in [0.717, 1.165) is 40.7 Å². The smallest absolute Gasteiger partial charge is 0.271 e. The Balaban J connectivity index is 1.33. The van der Waals surface area contributed by atoms with Gasteiger partial charge in [0.1, 0.15) is 11.7 Å². The van der Waals surface area contributed by atoms with E-state index in [1.807, 2.05) is 30.3 Å². The first-order valence-corrected chi connectivity index (χ1v) is 11.7. The van der Waals surface area contributed by atoms with E-state index in [9.17, 15) is 4.79 Å². The molecule has 0 saturated heterocycles. The van der Waals surface area contributed by atoms with Crippen LogP contribution in [0, 0.1) is 0 Å². The second-order valence-corrected chi connectivity index (χ2v) is 9.20. The molecule has 3 aromatic heterocycles. The van der Waals surface area contributed by atoms with Crippen LogP contribution in [0.3, 0.4) is 0 Å². The highest BCUT2D eigenvalue weighted by Crippen LogP contribution is 2.53.